The third kappa shape index (κ3) is 4.25. The first-order valence-electron chi connectivity index (χ1n) is 7.13. The molecule has 0 aliphatic carbocycles. The average Bonchev–Trinajstić information content (AvgIpc) is 2.44. The highest BCUT2D eigenvalue weighted by Gasteiger charge is 2.28. The zero-order chi connectivity index (χ0) is 13.4. The van der Waals surface area contributed by atoms with E-state index in [4.69, 9.17) is 9.84 Å². The summed E-state index contributed by atoms with van der Waals surface area (Å²) < 4.78 is 5.33. The van der Waals surface area contributed by atoms with Crippen molar-refractivity contribution < 1.29 is 14.6 Å². The van der Waals surface area contributed by atoms with E-state index in [2.05, 4.69) is 19.2 Å². The van der Waals surface area contributed by atoms with Crippen LogP contribution in [0, 0.1) is 11.3 Å². The lowest BCUT2D eigenvalue weighted by Gasteiger charge is -2.32. The highest BCUT2D eigenvalue weighted by atomic mass is 16.5. The molecule has 106 valence electrons. The molecule has 1 saturated heterocycles. The fourth-order valence-corrected chi connectivity index (χ4v) is 2.55. The molecule has 1 atom stereocenters. The predicted octanol–water partition coefficient (Wildman–Crippen LogP) is 1.72. The third-order valence-corrected chi connectivity index (χ3v) is 4.31. The van der Waals surface area contributed by atoms with Gasteiger partial charge in [-0.05, 0) is 37.5 Å². The number of carbonyl (C=O) groups excluding carboxylic acids is 1. The van der Waals surface area contributed by atoms with E-state index in [9.17, 15) is 4.79 Å². The number of hydrogen-bond donors (Lipinski definition) is 2. The first kappa shape index (κ1) is 15.4. The molecule has 4 nitrogen and oxygen atoms in total. The monoisotopic (exact) mass is 257 g/mol. The molecule has 4 heteroatoms. The Kier molecular flexibility index (Phi) is 6.65. The summed E-state index contributed by atoms with van der Waals surface area (Å²) in [6, 6.07) is 0. The largest absolute Gasteiger partial charge is 0.396 e. The van der Waals surface area contributed by atoms with Crippen molar-refractivity contribution in [2.24, 2.45) is 11.3 Å². The second-order valence-corrected chi connectivity index (χ2v) is 5.31. The first-order valence-corrected chi connectivity index (χ1v) is 7.13. The summed E-state index contributed by atoms with van der Waals surface area (Å²) in [5.41, 5.74) is 0.0416. The van der Waals surface area contributed by atoms with Crippen LogP contribution >= 0.6 is 0 Å². The molecule has 0 radical (unpaired) electrons. The molecular weight excluding hydrogens is 230 g/mol. The molecule has 0 aromatic carbocycles. The molecule has 1 rings (SSSR count). The van der Waals surface area contributed by atoms with Crippen LogP contribution in [0.4, 0.5) is 0 Å². The van der Waals surface area contributed by atoms with Gasteiger partial charge in [0, 0.05) is 19.8 Å². The van der Waals surface area contributed by atoms with Crippen molar-refractivity contribution in [2.75, 3.05) is 26.4 Å². The fourth-order valence-electron chi connectivity index (χ4n) is 2.55. The minimum Gasteiger partial charge on any atom is -0.396 e. The Hall–Kier alpha value is -0.610. The van der Waals surface area contributed by atoms with Gasteiger partial charge in [0.15, 0.2) is 0 Å². The van der Waals surface area contributed by atoms with E-state index in [0.717, 1.165) is 38.7 Å². The van der Waals surface area contributed by atoms with E-state index in [1.165, 1.54) is 0 Å². The normalized spacial score (nSPS) is 20.7. The van der Waals surface area contributed by atoms with Gasteiger partial charge in [0.1, 0.15) is 0 Å². The van der Waals surface area contributed by atoms with Gasteiger partial charge in [-0.1, -0.05) is 13.8 Å². The molecule has 0 spiro atoms. The Morgan fingerprint density at radius 1 is 1.44 bits per heavy atom. The Morgan fingerprint density at radius 3 is 2.67 bits per heavy atom. The summed E-state index contributed by atoms with van der Waals surface area (Å²) in [6.07, 6.45) is 4.61. The van der Waals surface area contributed by atoms with Crippen molar-refractivity contribution in [3.8, 4) is 0 Å². The summed E-state index contributed by atoms with van der Waals surface area (Å²) >= 11 is 0. The highest BCUT2D eigenvalue weighted by molar-refractivity contribution is 5.78. The average molecular weight is 257 g/mol. The minimum atomic E-state index is 0.0132. The van der Waals surface area contributed by atoms with Crippen LogP contribution in [0.3, 0.4) is 0 Å². The Bertz CT molecular complexity index is 245. The van der Waals surface area contributed by atoms with Crippen molar-refractivity contribution in [2.45, 2.75) is 46.0 Å². The topological polar surface area (TPSA) is 58.6 Å². The van der Waals surface area contributed by atoms with E-state index in [-0.39, 0.29) is 23.8 Å². The number of amides is 1. The number of aliphatic hydroxyl groups is 1. The number of aliphatic hydroxyl groups excluding tert-OH is 1. The highest BCUT2D eigenvalue weighted by Crippen LogP contribution is 2.29. The van der Waals surface area contributed by atoms with Crippen LogP contribution in [0.5, 0.6) is 0 Å². The quantitative estimate of drug-likeness (QED) is 0.730. The van der Waals surface area contributed by atoms with E-state index in [1.54, 1.807) is 0 Å². The SMILES string of the molecule is CCC(CC)(CCO)CNC(=O)C1CCCOC1. The number of carbonyl (C=O) groups is 1. The van der Waals surface area contributed by atoms with Gasteiger partial charge in [0.2, 0.25) is 5.91 Å². The van der Waals surface area contributed by atoms with Gasteiger partial charge in [0.05, 0.1) is 12.5 Å². The smallest absolute Gasteiger partial charge is 0.225 e. The van der Waals surface area contributed by atoms with Crippen LogP contribution in [0.25, 0.3) is 0 Å². The number of rotatable bonds is 7. The van der Waals surface area contributed by atoms with Gasteiger partial charge >= 0.3 is 0 Å². The van der Waals surface area contributed by atoms with Gasteiger partial charge in [-0.2, -0.15) is 0 Å². The van der Waals surface area contributed by atoms with Crippen LogP contribution in [0.15, 0.2) is 0 Å². The zero-order valence-corrected chi connectivity index (χ0v) is 11.7. The van der Waals surface area contributed by atoms with Crippen molar-refractivity contribution in [3.63, 3.8) is 0 Å². The lowest BCUT2D eigenvalue weighted by molar-refractivity contribution is -0.129. The van der Waals surface area contributed by atoms with Crippen LogP contribution in [-0.4, -0.2) is 37.4 Å². The lowest BCUT2D eigenvalue weighted by Crippen LogP contribution is -2.42. The molecule has 1 heterocycles. The molecule has 18 heavy (non-hydrogen) atoms. The van der Waals surface area contributed by atoms with Crippen LogP contribution in [0.1, 0.15) is 46.0 Å². The molecule has 0 aromatic rings. The number of nitrogens with one attached hydrogen (secondary N) is 1. The van der Waals surface area contributed by atoms with Crippen LogP contribution in [0.2, 0.25) is 0 Å². The molecule has 1 unspecified atom stereocenters. The summed E-state index contributed by atoms with van der Waals surface area (Å²) in [5.74, 6) is 0.123. The fraction of sp³-hybridized carbons (Fsp3) is 0.929. The van der Waals surface area contributed by atoms with Gasteiger partial charge in [-0.15, -0.1) is 0 Å². The number of ether oxygens (including phenoxy) is 1. The zero-order valence-electron chi connectivity index (χ0n) is 11.7. The molecule has 1 aliphatic heterocycles. The molecular formula is C14H27NO3. The summed E-state index contributed by atoms with van der Waals surface area (Å²) in [7, 11) is 0. The summed E-state index contributed by atoms with van der Waals surface area (Å²) in [4.78, 5) is 12.0. The lowest BCUT2D eigenvalue weighted by atomic mass is 9.79. The van der Waals surface area contributed by atoms with Crippen molar-refractivity contribution in [1.82, 2.24) is 5.32 Å². The Morgan fingerprint density at radius 2 is 2.17 bits per heavy atom. The maximum atomic E-state index is 12.0. The second-order valence-electron chi connectivity index (χ2n) is 5.31. The number of hydrogen-bond acceptors (Lipinski definition) is 3. The first-order chi connectivity index (χ1) is 8.67. The van der Waals surface area contributed by atoms with Crippen molar-refractivity contribution >= 4 is 5.91 Å². The van der Waals surface area contributed by atoms with Crippen molar-refractivity contribution in [1.29, 1.82) is 0 Å². The van der Waals surface area contributed by atoms with Crippen molar-refractivity contribution in [3.05, 3.63) is 0 Å². The molecule has 0 saturated carbocycles. The minimum absolute atomic E-state index is 0.0132. The van der Waals surface area contributed by atoms with E-state index >= 15 is 0 Å². The van der Waals surface area contributed by atoms with Gasteiger partial charge in [-0.3, -0.25) is 4.79 Å². The summed E-state index contributed by atoms with van der Waals surface area (Å²) in [6.45, 7) is 6.42. The molecule has 0 aromatic heterocycles. The molecule has 0 bridgehead atoms. The third-order valence-electron chi connectivity index (χ3n) is 4.31. The maximum absolute atomic E-state index is 12.0. The standard InChI is InChI=1S/C14H27NO3/c1-3-14(4-2,7-8-16)11-15-13(17)12-6-5-9-18-10-12/h12,16H,3-11H2,1-2H3,(H,15,17). The summed E-state index contributed by atoms with van der Waals surface area (Å²) in [5, 5.41) is 12.2. The molecule has 1 aliphatic rings. The maximum Gasteiger partial charge on any atom is 0.225 e. The second kappa shape index (κ2) is 7.74. The van der Waals surface area contributed by atoms with Gasteiger partial charge in [0.25, 0.3) is 0 Å². The van der Waals surface area contributed by atoms with Gasteiger partial charge in [-0.25, -0.2) is 0 Å². The Balaban J connectivity index is 2.43. The van der Waals surface area contributed by atoms with E-state index < -0.39 is 0 Å². The van der Waals surface area contributed by atoms with Gasteiger partial charge < -0.3 is 15.2 Å². The Labute approximate surface area is 110 Å². The van der Waals surface area contributed by atoms with Crippen LogP contribution < -0.4 is 5.32 Å². The van der Waals surface area contributed by atoms with E-state index in [1.807, 2.05) is 0 Å². The molecule has 1 fully saturated rings. The van der Waals surface area contributed by atoms with E-state index in [0.29, 0.717) is 13.2 Å². The molecule has 1 amide bonds. The molecule has 2 N–H and O–H groups in total. The predicted molar refractivity (Wildman–Crippen MR) is 71.3 cm³/mol. The van der Waals surface area contributed by atoms with Crippen LogP contribution in [-0.2, 0) is 9.53 Å².